The summed E-state index contributed by atoms with van der Waals surface area (Å²) in [5.41, 5.74) is 0. The van der Waals surface area contributed by atoms with Crippen molar-refractivity contribution in [3.63, 3.8) is 0 Å². The standard InChI is InChI=1S/C15H32N2O/c1-7-9-10-13(8-2)16-14(11-12(3)4)15(18)17(5)6/h12-14,16H,7-11H2,1-6H3. The molecule has 0 saturated heterocycles. The first kappa shape index (κ1) is 17.4. The predicted octanol–water partition coefficient (Wildman–Crippen LogP) is 3.05. The van der Waals surface area contributed by atoms with Crippen molar-refractivity contribution in [2.45, 2.75) is 71.9 Å². The molecule has 2 unspecified atom stereocenters. The van der Waals surface area contributed by atoms with E-state index in [9.17, 15) is 4.79 Å². The molecule has 18 heavy (non-hydrogen) atoms. The van der Waals surface area contributed by atoms with Gasteiger partial charge in [0.15, 0.2) is 0 Å². The van der Waals surface area contributed by atoms with Gasteiger partial charge in [-0.05, 0) is 25.2 Å². The summed E-state index contributed by atoms with van der Waals surface area (Å²) < 4.78 is 0. The fourth-order valence-electron chi connectivity index (χ4n) is 2.16. The monoisotopic (exact) mass is 256 g/mol. The molecular weight excluding hydrogens is 224 g/mol. The van der Waals surface area contributed by atoms with Gasteiger partial charge in [0.1, 0.15) is 0 Å². The van der Waals surface area contributed by atoms with Crippen molar-refractivity contribution in [3.8, 4) is 0 Å². The minimum absolute atomic E-state index is 0.0261. The van der Waals surface area contributed by atoms with Crippen LogP contribution in [0.15, 0.2) is 0 Å². The number of rotatable bonds is 9. The van der Waals surface area contributed by atoms with E-state index in [4.69, 9.17) is 0 Å². The van der Waals surface area contributed by atoms with Crippen LogP contribution < -0.4 is 5.32 Å². The number of hydrogen-bond acceptors (Lipinski definition) is 2. The van der Waals surface area contributed by atoms with E-state index in [1.807, 2.05) is 14.1 Å². The molecule has 0 bridgehead atoms. The Morgan fingerprint density at radius 3 is 2.22 bits per heavy atom. The summed E-state index contributed by atoms with van der Waals surface area (Å²) in [6.45, 7) is 8.75. The zero-order valence-corrected chi connectivity index (χ0v) is 13.1. The van der Waals surface area contributed by atoms with E-state index in [0.717, 1.165) is 12.8 Å². The van der Waals surface area contributed by atoms with Gasteiger partial charge in [-0.2, -0.15) is 0 Å². The Hall–Kier alpha value is -0.570. The quantitative estimate of drug-likeness (QED) is 0.687. The summed E-state index contributed by atoms with van der Waals surface area (Å²) >= 11 is 0. The van der Waals surface area contributed by atoms with Crippen LogP contribution in [0, 0.1) is 5.92 Å². The number of carbonyl (C=O) groups is 1. The van der Waals surface area contributed by atoms with E-state index in [1.165, 1.54) is 19.3 Å². The third-order valence-corrected chi connectivity index (χ3v) is 3.28. The average Bonchev–Trinajstić information content (AvgIpc) is 2.31. The highest BCUT2D eigenvalue weighted by Crippen LogP contribution is 2.11. The van der Waals surface area contributed by atoms with Crippen molar-refractivity contribution in [1.82, 2.24) is 10.2 Å². The lowest BCUT2D eigenvalue weighted by molar-refractivity contribution is -0.131. The number of nitrogens with one attached hydrogen (secondary N) is 1. The molecule has 1 amide bonds. The molecular formula is C15H32N2O. The highest BCUT2D eigenvalue weighted by molar-refractivity contribution is 5.81. The van der Waals surface area contributed by atoms with Crippen molar-refractivity contribution >= 4 is 5.91 Å². The van der Waals surface area contributed by atoms with Gasteiger partial charge in [-0.1, -0.05) is 40.5 Å². The maximum absolute atomic E-state index is 12.2. The van der Waals surface area contributed by atoms with Crippen LogP contribution in [0.5, 0.6) is 0 Å². The van der Waals surface area contributed by atoms with Gasteiger partial charge in [0.25, 0.3) is 0 Å². The lowest BCUT2D eigenvalue weighted by atomic mass is 9.99. The van der Waals surface area contributed by atoms with Gasteiger partial charge in [0.05, 0.1) is 6.04 Å². The number of hydrogen-bond donors (Lipinski definition) is 1. The summed E-state index contributed by atoms with van der Waals surface area (Å²) in [5.74, 6) is 0.744. The molecule has 0 aromatic heterocycles. The van der Waals surface area contributed by atoms with Gasteiger partial charge in [-0.25, -0.2) is 0 Å². The first-order chi connectivity index (χ1) is 8.42. The molecule has 0 aromatic rings. The van der Waals surface area contributed by atoms with Gasteiger partial charge in [-0.15, -0.1) is 0 Å². The molecule has 3 nitrogen and oxygen atoms in total. The first-order valence-corrected chi connectivity index (χ1v) is 7.39. The molecule has 0 fully saturated rings. The van der Waals surface area contributed by atoms with E-state index in [1.54, 1.807) is 4.90 Å². The molecule has 108 valence electrons. The number of nitrogens with zero attached hydrogens (tertiary/aromatic N) is 1. The first-order valence-electron chi connectivity index (χ1n) is 7.39. The zero-order chi connectivity index (χ0) is 14.1. The lowest BCUT2D eigenvalue weighted by Gasteiger charge is -2.27. The molecule has 0 aromatic carbocycles. The van der Waals surface area contributed by atoms with Crippen LogP contribution in [0.4, 0.5) is 0 Å². The number of carbonyl (C=O) groups excluding carboxylic acids is 1. The van der Waals surface area contributed by atoms with Crippen molar-refractivity contribution in [3.05, 3.63) is 0 Å². The third-order valence-electron chi connectivity index (χ3n) is 3.28. The average molecular weight is 256 g/mol. The van der Waals surface area contributed by atoms with Crippen LogP contribution >= 0.6 is 0 Å². The van der Waals surface area contributed by atoms with Gasteiger partial charge in [0, 0.05) is 20.1 Å². The second-order valence-electron chi connectivity index (χ2n) is 5.83. The molecule has 0 aliphatic heterocycles. The van der Waals surface area contributed by atoms with Crippen molar-refractivity contribution in [2.24, 2.45) is 5.92 Å². The fourth-order valence-corrected chi connectivity index (χ4v) is 2.16. The van der Waals surface area contributed by atoms with Crippen LogP contribution in [0.1, 0.15) is 59.8 Å². The van der Waals surface area contributed by atoms with Crippen LogP contribution in [-0.4, -0.2) is 37.0 Å². The molecule has 0 aliphatic carbocycles. The minimum atomic E-state index is -0.0261. The normalized spacial score (nSPS) is 14.6. The van der Waals surface area contributed by atoms with E-state index in [-0.39, 0.29) is 11.9 Å². The Kier molecular flexibility index (Phi) is 9.08. The van der Waals surface area contributed by atoms with E-state index in [2.05, 4.69) is 33.0 Å². The molecule has 0 heterocycles. The highest BCUT2D eigenvalue weighted by Gasteiger charge is 2.23. The summed E-state index contributed by atoms with van der Waals surface area (Å²) in [5, 5.41) is 3.56. The number of amides is 1. The Labute approximate surface area is 113 Å². The Morgan fingerprint density at radius 2 is 1.83 bits per heavy atom. The van der Waals surface area contributed by atoms with Crippen molar-refractivity contribution in [1.29, 1.82) is 0 Å². The lowest BCUT2D eigenvalue weighted by Crippen LogP contribution is -2.48. The molecule has 1 N–H and O–H groups in total. The van der Waals surface area contributed by atoms with E-state index < -0.39 is 0 Å². The maximum Gasteiger partial charge on any atom is 0.239 e. The summed E-state index contributed by atoms with van der Waals surface area (Å²) in [4.78, 5) is 13.9. The molecule has 0 saturated carbocycles. The SMILES string of the molecule is CCCCC(CC)NC(CC(C)C)C(=O)N(C)C. The molecule has 2 atom stereocenters. The van der Waals surface area contributed by atoms with E-state index >= 15 is 0 Å². The second-order valence-corrected chi connectivity index (χ2v) is 5.83. The third kappa shape index (κ3) is 7.00. The topological polar surface area (TPSA) is 32.3 Å². The Balaban J connectivity index is 4.49. The van der Waals surface area contributed by atoms with Crippen molar-refractivity contribution < 1.29 is 4.79 Å². The van der Waals surface area contributed by atoms with Gasteiger partial charge in [0.2, 0.25) is 5.91 Å². The largest absolute Gasteiger partial charge is 0.347 e. The van der Waals surface area contributed by atoms with Gasteiger partial charge >= 0.3 is 0 Å². The van der Waals surface area contributed by atoms with Gasteiger partial charge in [-0.3, -0.25) is 4.79 Å². The van der Waals surface area contributed by atoms with Crippen molar-refractivity contribution in [2.75, 3.05) is 14.1 Å². The summed E-state index contributed by atoms with van der Waals surface area (Å²) in [7, 11) is 3.68. The zero-order valence-electron chi connectivity index (χ0n) is 13.1. The molecule has 0 aliphatic rings. The minimum Gasteiger partial charge on any atom is -0.347 e. The summed E-state index contributed by atoms with van der Waals surface area (Å²) in [6, 6.07) is 0.444. The highest BCUT2D eigenvalue weighted by atomic mass is 16.2. The second kappa shape index (κ2) is 9.37. The van der Waals surface area contributed by atoms with Crippen LogP contribution in [0.25, 0.3) is 0 Å². The Morgan fingerprint density at radius 1 is 1.22 bits per heavy atom. The fraction of sp³-hybridized carbons (Fsp3) is 0.933. The smallest absolute Gasteiger partial charge is 0.239 e. The van der Waals surface area contributed by atoms with Crippen LogP contribution in [-0.2, 0) is 4.79 Å². The molecule has 0 radical (unpaired) electrons. The Bertz CT molecular complexity index is 227. The van der Waals surface area contributed by atoms with Gasteiger partial charge < -0.3 is 10.2 Å². The number of unbranched alkanes of at least 4 members (excludes halogenated alkanes) is 1. The van der Waals surface area contributed by atoms with Crippen LogP contribution in [0.3, 0.4) is 0 Å². The molecule has 0 rings (SSSR count). The molecule has 0 spiro atoms. The maximum atomic E-state index is 12.2. The van der Waals surface area contributed by atoms with E-state index in [0.29, 0.717) is 12.0 Å². The summed E-state index contributed by atoms with van der Waals surface area (Å²) in [6.07, 6.45) is 5.63. The number of likely N-dealkylation sites (N-methyl/N-ethyl adjacent to an activating group) is 1. The predicted molar refractivity (Wildman–Crippen MR) is 78.7 cm³/mol. The molecule has 3 heteroatoms. The van der Waals surface area contributed by atoms with Crippen LogP contribution in [0.2, 0.25) is 0 Å².